The second-order valence-electron chi connectivity index (χ2n) is 5.98. The highest BCUT2D eigenvalue weighted by atomic mass is 127. The molecule has 1 fully saturated rings. The Labute approximate surface area is 128 Å². The van der Waals surface area contributed by atoms with Gasteiger partial charge in [0.2, 0.25) is 0 Å². The highest BCUT2D eigenvalue weighted by Crippen LogP contribution is 2.32. The van der Waals surface area contributed by atoms with Crippen LogP contribution in [0.1, 0.15) is 51.0 Å². The Hall–Kier alpha value is -0.430. The number of ether oxygens (including phenoxy) is 1. The van der Waals surface area contributed by atoms with Gasteiger partial charge in [0, 0.05) is 31.6 Å². The molecule has 1 N–H and O–H groups in total. The second kappa shape index (κ2) is 5.91. The van der Waals surface area contributed by atoms with Crippen LogP contribution in [0, 0.1) is 3.57 Å². The molecule has 0 aromatic carbocycles. The van der Waals surface area contributed by atoms with E-state index in [4.69, 9.17) is 14.7 Å². The summed E-state index contributed by atoms with van der Waals surface area (Å²) in [5.74, 6) is 2.35. The number of halogens is 1. The molecule has 0 spiro atoms. The molecule has 5 heteroatoms. The summed E-state index contributed by atoms with van der Waals surface area (Å²) in [5.41, 5.74) is 1.17. The molecular weight excluding hydrogens is 353 g/mol. The van der Waals surface area contributed by atoms with Crippen molar-refractivity contribution in [3.05, 3.63) is 15.1 Å². The van der Waals surface area contributed by atoms with Gasteiger partial charge in [-0.3, -0.25) is 0 Å². The van der Waals surface area contributed by atoms with Gasteiger partial charge in [-0.1, -0.05) is 20.8 Å². The molecule has 106 valence electrons. The quantitative estimate of drug-likeness (QED) is 0.806. The van der Waals surface area contributed by atoms with Crippen LogP contribution >= 0.6 is 22.6 Å². The molecule has 2 heterocycles. The maximum absolute atomic E-state index is 5.43. The van der Waals surface area contributed by atoms with Gasteiger partial charge >= 0.3 is 0 Å². The summed E-state index contributed by atoms with van der Waals surface area (Å²) in [6, 6.07) is 0. The summed E-state index contributed by atoms with van der Waals surface area (Å²) >= 11 is 2.34. The van der Waals surface area contributed by atoms with Crippen LogP contribution < -0.4 is 5.32 Å². The molecule has 1 saturated heterocycles. The normalized spacial score (nSPS) is 17.5. The molecule has 0 aliphatic carbocycles. The molecule has 0 atom stereocenters. The standard InChI is InChI=1S/C14H22IN3O/c1-14(2,3)11-10(15)13(16-4)18-12(17-11)9-5-7-19-8-6-9/h9H,5-8H2,1-4H3,(H,16,17,18). The van der Waals surface area contributed by atoms with Gasteiger partial charge in [-0.2, -0.15) is 0 Å². The Morgan fingerprint density at radius 2 is 1.84 bits per heavy atom. The summed E-state index contributed by atoms with van der Waals surface area (Å²) in [6.45, 7) is 8.24. The van der Waals surface area contributed by atoms with E-state index in [1.807, 2.05) is 7.05 Å². The van der Waals surface area contributed by atoms with Gasteiger partial charge in [0.15, 0.2) is 0 Å². The number of anilines is 1. The molecule has 1 aromatic heterocycles. The Morgan fingerprint density at radius 1 is 1.21 bits per heavy atom. The lowest BCUT2D eigenvalue weighted by atomic mass is 9.91. The lowest BCUT2D eigenvalue weighted by molar-refractivity contribution is 0.0835. The van der Waals surface area contributed by atoms with Crippen molar-refractivity contribution in [2.24, 2.45) is 0 Å². The van der Waals surface area contributed by atoms with Crippen molar-refractivity contribution in [3.8, 4) is 0 Å². The maximum Gasteiger partial charge on any atom is 0.143 e. The zero-order valence-electron chi connectivity index (χ0n) is 12.1. The van der Waals surface area contributed by atoms with Crippen molar-refractivity contribution in [3.63, 3.8) is 0 Å². The lowest BCUT2D eigenvalue weighted by Gasteiger charge is -2.25. The zero-order chi connectivity index (χ0) is 14.0. The highest BCUT2D eigenvalue weighted by Gasteiger charge is 2.26. The predicted molar refractivity (Wildman–Crippen MR) is 85.8 cm³/mol. The number of nitrogens with zero attached hydrogens (tertiary/aromatic N) is 2. The van der Waals surface area contributed by atoms with Gasteiger partial charge in [-0.15, -0.1) is 0 Å². The van der Waals surface area contributed by atoms with Gasteiger partial charge in [0.25, 0.3) is 0 Å². The van der Waals surface area contributed by atoms with Crippen LogP contribution in [0.25, 0.3) is 0 Å². The summed E-state index contributed by atoms with van der Waals surface area (Å²) in [6.07, 6.45) is 2.04. The molecule has 0 saturated carbocycles. The van der Waals surface area contributed by atoms with Crippen molar-refractivity contribution >= 4 is 28.4 Å². The lowest BCUT2D eigenvalue weighted by Crippen LogP contribution is -2.22. The summed E-state index contributed by atoms with van der Waals surface area (Å²) in [5, 5.41) is 3.20. The third-order valence-electron chi connectivity index (χ3n) is 3.40. The van der Waals surface area contributed by atoms with Crippen molar-refractivity contribution in [2.45, 2.75) is 44.9 Å². The monoisotopic (exact) mass is 375 g/mol. The zero-order valence-corrected chi connectivity index (χ0v) is 14.2. The highest BCUT2D eigenvalue weighted by molar-refractivity contribution is 14.1. The van der Waals surface area contributed by atoms with Crippen LogP contribution in [-0.4, -0.2) is 30.2 Å². The minimum Gasteiger partial charge on any atom is -0.381 e. The van der Waals surface area contributed by atoms with E-state index in [1.165, 1.54) is 0 Å². The molecular formula is C14H22IN3O. The first kappa shape index (κ1) is 15.0. The van der Waals surface area contributed by atoms with Crippen molar-refractivity contribution < 1.29 is 4.74 Å². The minimum atomic E-state index is 0.0327. The molecule has 0 bridgehead atoms. The fraction of sp³-hybridized carbons (Fsp3) is 0.714. The third-order valence-corrected chi connectivity index (χ3v) is 4.42. The van der Waals surface area contributed by atoms with E-state index in [2.05, 4.69) is 48.7 Å². The van der Waals surface area contributed by atoms with E-state index >= 15 is 0 Å². The van der Waals surface area contributed by atoms with Gasteiger partial charge in [-0.05, 0) is 35.4 Å². The Morgan fingerprint density at radius 3 is 2.37 bits per heavy atom. The van der Waals surface area contributed by atoms with Gasteiger partial charge < -0.3 is 10.1 Å². The Kier molecular flexibility index (Phi) is 4.66. The van der Waals surface area contributed by atoms with Crippen molar-refractivity contribution in [2.75, 3.05) is 25.6 Å². The van der Waals surface area contributed by atoms with Crippen LogP contribution in [0.3, 0.4) is 0 Å². The second-order valence-corrected chi connectivity index (χ2v) is 7.06. The number of hydrogen-bond donors (Lipinski definition) is 1. The molecule has 0 radical (unpaired) electrons. The number of nitrogens with one attached hydrogen (secondary N) is 1. The number of aromatic nitrogens is 2. The fourth-order valence-corrected chi connectivity index (χ4v) is 3.59. The number of rotatable bonds is 2. The van der Waals surface area contributed by atoms with Crippen LogP contribution in [0.4, 0.5) is 5.82 Å². The Bertz CT molecular complexity index is 451. The molecule has 1 aromatic rings. The SMILES string of the molecule is CNc1nc(C2CCOCC2)nc(C(C)(C)C)c1I. The van der Waals surface area contributed by atoms with Gasteiger partial charge in [0.1, 0.15) is 11.6 Å². The summed E-state index contributed by atoms with van der Waals surface area (Å²) in [7, 11) is 1.92. The van der Waals surface area contributed by atoms with E-state index in [-0.39, 0.29) is 5.41 Å². The van der Waals surface area contributed by atoms with Crippen molar-refractivity contribution in [1.29, 1.82) is 0 Å². The first-order valence-corrected chi connectivity index (χ1v) is 7.84. The molecule has 0 amide bonds. The molecule has 2 rings (SSSR count). The van der Waals surface area contributed by atoms with Crippen LogP contribution in [0.5, 0.6) is 0 Å². The van der Waals surface area contributed by atoms with Gasteiger partial charge in [-0.25, -0.2) is 9.97 Å². The average molecular weight is 375 g/mol. The van der Waals surface area contributed by atoms with Crippen LogP contribution in [-0.2, 0) is 10.2 Å². The first-order chi connectivity index (χ1) is 8.93. The average Bonchev–Trinajstić information content (AvgIpc) is 2.38. The third kappa shape index (κ3) is 3.37. The van der Waals surface area contributed by atoms with E-state index in [0.29, 0.717) is 5.92 Å². The molecule has 0 unspecified atom stereocenters. The summed E-state index contributed by atoms with van der Waals surface area (Å²) in [4.78, 5) is 9.56. The summed E-state index contributed by atoms with van der Waals surface area (Å²) < 4.78 is 6.55. The van der Waals surface area contributed by atoms with E-state index in [0.717, 1.165) is 47.0 Å². The van der Waals surface area contributed by atoms with Gasteiger partial charge in [0.05, 0.1) is 9.26 Å². The van der Waals surface area contributed by atoms with Crippen molar-refractivity contribution in [1.82, 2.24) is 9.97 Å². The van der Waals surface area contributed by atoms with E-state index < -0.39 is 0 Å². The molecule has 1 aliphatic rings. The molecule has 1 aliphatic heterocycles. The Balaban J connectivity index is 2.44. The maximum atomic E-state index is 5.43. The fourth-order valence-electron chi connectivity index (χ4n) is 2.27. The first-order valence-electron chi connectivity index (χ1n) is 6.77. The van der Waals surface area contributed by atoms with E-state index in [1.54, 1.807) is 0 Å². The molecule has 19 heavy (non-hydrogen) atoms. The smallest absolute Gasteiger partial charge is 0.143 e. The number of hydrogen-bond acceptors (Lipinski definition) is 4. The van der Waals surface area contributed by atoms with E-state index in [9.17, 15) is 0 Å². The largest absolute Gasteiger partial charge is 0.381 e. The minimum absolute atomic E-state index is 0.0327. The van der Waals surface area contributed by atoms with Crippen LogP contribution in [0.2, 0.25) is 0 Å². The predicted octanol–water partition coefficient (Wildman–Crippen LogP) is 3.31. The van der Waals surface area contributed by atoms with Crippen LogP contribution in [0.15, 0.2) is 0 Å². The molecule has 4 nitrogen and oxygen atoms in total. The topological polar surface area (TPSA) is 47.0 Å².